The summed E-state index contributed by atoms with van der Waals surface area (Å²) < 4.78 is 0. The lowest BCUT2D eigenvalue weighted by atomic mass is 9.81. The second kappa shape index (κ2) is 6.93. The van der Waals surface area contributed by atoms with Gasteiger partial charge >= 0.3 is 0 Å². The standard InChI is InChI=1S/C16H26N2O/c17-13-16(11-7-4-8-12-16)18-15(19)14-9-5-2-1-3-6-10-14/h14H,1-12H2,(H,18,19). The fraction of sp³-hybridized carbons (Fsp3) is 0.875. The first-order valence-electron chi connectivity index (χ1n) is 7.99. The molecule has 0 atom stereocenters. The van der Waals surface area contributed by atoms with Gasteiger partial charge < -0.3 is 5.32 Å². The van der Waals surface area contributed by atoms with Crippen LogP contribution in [0.4, 0.5) is 0 Å². The monoisotopic (exact) mass is 262 g/mol. The highest BCUT2D eigenvalue weighted by Crippen LogP contribution is 2.29. The lowest BCUT2D eigenvalue weighted by Crippen LogP contribution is -2.50. The molecule has 1 amide bonds. The van der Waals surface area contributed by atoms with E-state index >= 15 is 0 Å². The Kier molecular flexibility index (Phi) is 5.24. The quantitative estimate of drug-likeness (QED) is 0.825. The maximum atomic E-state index is 12.4. The highest BCUT2D eigenvalue weighted by Gasteiger charge is 2.35. The van der Waals surface area contributed by atoms with Crippen molar-refractivity contribution in [1.29, 1.82) is 5.26 Å². The Morgan fingerprint density at radius 3 is 2.05 bits per heavy atom. The number of carbonyl (C=O) groups excluding carboxylic acids is 1. The highest BCUT2D eigenvalue weighted by molar-refractivity contribution is 5.79. The molecular weight excluding hydrogens is 236 g/mol. The van der Waals surface area contributed by atoms with Gasteiger partial charge in [-0.3, -0.25) is 4.79 Å². The Bertz CT molecular complexity index is 331. The number of carbonyl (C=O) groups is 1. The number of nitriles is 1. The Morgan fingerprint density at radius 2 is 1.47 bits per heavy atom. The molecule has 1 N–H and O–H groups in total. The molecule has 2 aliphatic rings. The van der Waals surface area contributed by atoms with Crippen LogP contribution in [-0.2, 0) is 4.79 Å². The number of amides is 1. The zero-order chi connectivity index (χ0) is 13.6. The van der Waals surface area contributed by atoms with Crippen LogP contribution in [0, 0.1) is 17.2 Å². The molecule has 2 fully saturated rings. The minimum absolute atomic E-state index is 0.144. The minimum atomic E-state index is -0.558. The molecule has 3 heteroatoms. The average Bonchev–Trinajstić information content (AvgIpc) is 2.39. The van der Waals surface area contributed by atoms with E-state index in [2.05, 4.69) is 11.4 Å². The predicted molar refractivity (Wildman–Crippen MR) is 75.4 cm³/mol. The van der Waals surface area contributed by atoms with E-state index in [1.54, 1.807) is 0 Å². The number of nitrogens with one attached hydrogen (secondary N) is 1. The van der Waals surface area contributed by atoms with Gasteiger partial charge in [0.25, 0.3) is 0 Å². The third-order valence-electron chi connectivity index (χ3n) is 4.76. The fourth-order valence-electron chi connectivity index (χ4n) is 3.48. The van der Waals surface area contributed by atoms with Crippen LogP contribution in [0.5, 0.6) is 0 Å². The topological polar surface area (TPSA) is 52.9 Å². The summed E-state index contributed by atoms with van der Waals surface area (Å²) in [5, 5.41) is 12.5. The van der Waals surface area contributed by atoms with Crippen LogP contribution in [0.2, 0.25) is 0 Å². The Morgan fingerprint density at radius 1 is 0.947 bits per heavy atom. The van der Waals surface area contributed by atoms with Gasteiger partial charge in [-0.05, 0) is 25.7 Å². The first-order chi connectivity index (χ1) is 9.26. The van der Waals surface area contributed by atoms with Gasteiger partial charge in [0.2, 0.25) is 5.91 Å². The van der Waals surface area contributed by atoms with Gasteiger partial charge in [-0.2, -0.15) is 5.26 Å². The van der Waals surface area contributed by atoms with E-state index in [4.69, 9.17) is 0 Å². The van der Waals surface area contributed by atoms with Gasteiger partial charge in [0.1, 0.15) is 5.54 Å². The van der Waals surface area contributed by atoms with Gasteiger partial charge in [0.05, 0.1) is 6.07 Å². The lowest BCUT2D eigenvalue weighted by Gasteiger charge is -2.33. The average molecular weight is 262 g/mol. The zero-order valence-electron chi connectivity index (χ0n) is 11.9. The van der Waals surface area contributed by atoms with Crippen LogP contribution in [0.25, 0.3) is 0 Å². The van der Waals surface area contributed by atoms with E-state index < -0.39 is 5.54 Å². The molecule has 0 aromatic rings. The normalized spacial score (nSPS) is 24.8. The zero-order valence-corrected chi connectivity index (χ0v) is 11.9. The maximum absolute atomic E-state index is 12.4. The molecule has 0 aliphatic heterocycles. The molecule has 0 aromatic heterocycles. The summed E-state index contributed by atoms with van der Waals surface area (Å²) in [6, 6.07) is 2.38. The van der Waals surface area contributed by atoms with Crippen LogP contribution in [0.15, 0.2) is 0 Å². The van der Waals surface area contributed by atoms with Crippen molar-refractivity contribution in [2.24, 2.45) is 5.92 Å². The number of hydrogen-bond acceptors (Lipinski definition) is 2. The van der Waals surface area contributed by atoms with E-state index in [1.165, 1.54) is 25.7 Å². The summed E-state index contributed by atoms with van der Waals surface area (Å²) in [6.45, 7) is 0. The highest BCUT2D eigenvalue weighted by atomic mass is 16.2. The molecule has 106 valence electrons. The van der Waals surface area contributed by atoms with E-state index in [0.29, 0.717) is 0 Å². The van der Waals surface area contributed by atoms with Crippen LogP contribution in [0.1, 0.15) is 77.0 Å². The summed E-state index contributed by atoms with van der Waals surface area (Å²) in [5.41, 5.74) is -0.558. The third-order valence-corrected chi connectivity index (χ3v) is 4.76. The van der Waals surface area contributed by atoms with Crippen molar-refractivity contribution >= 4 is 5.91 Å². The number of rotatable bonds is 2. The van der Waals surface area contributed by atoms with Crippen molar-refractivity contribution < 1.29 is 4.79 Å². The molecule has 0 saturated heterocycles. The van der Waals surface area contributed by atoms with E-state index in [1.807, 2.05) is 0 Å². The second-order valence-corrected chi connectivity index (χ2v) is 6.29. The first kappa shape index (κ1) is 14.4. The molecule has 19 heavy (non-hydrogen) atoms. The fourth-order valence-corrected chi connectivity index (χ4v) is 3.48. The van der Waals surface area contributed by atoms with Crippen molar-refractivity contribution in [1.82, 2.24) is 5.32 Å². The van der Waals surface area contributed by atoms with Gasteiger partial charge in [-0.1, -0.05) is 51.4 Å². The Balaban J connectivity index is 1.92. The summed E-state index contributed by atoms with van der Waals surface area (Å²) in [4.78, 5) is 12.4. The molecule has 0 unspecified atom stereocenters. The predicted octanol–water partition coefficient (Wildman–Crippen LogP) is 3.69. The summed E-state index contributed by atoms with van der Waals surface area (Å²) in [5.74, 6) is 0.290. The molecule has 0 aromatic carbocycles. The van der Waals surface area contributed by atoms with Crippen molar-refractivity contribution in [2.75, 3.05) is 0 Å². The molecule has 0 bridgehead atoms. The summed E-state index contributed by atoms with van der Waals surface area (Å²) in [6.07, 6.45) is 13.2. The molecule has 0 spiro atoms. The molecule has 3 nitrogen and oxygen atoms in total. The first-order valence-corrected chi connectivity index (χ1v) is 7.99. The van der Waals surface area contributed by atoms with Gasteiger partial charge in [0.15, 0.2) is 0 Å². The van der Waals surface area contributed by atoms with Gasteiger partial charge in [0, 0.05) is 5.92 Å². The van der Waals surface area contributed by atoms with Crippen molar-refractivity contribution in [3.05, 3.63) is 0 Å². The van der Waals surface area contributed by atoms with E-state index in [-0.39, 0.29) is 11.8 Å². The van der Waals surface area contributed by atoms with Crippen LogP contribution < -0.4 is 5.32 Å². The molecule has 0 heterocycles. The van der Waals surface area contributed by atoms with Gasteiger partial charge in [-0.15, -0.1) is 0 Å². The van der Waals surface area contributed by atoms with Crippen molar-refractivity contribution in [3.8, 4) is 6.07 Å². The van der Waals surface area contributed by atoms with E-state index in [9.17, 15) is 10.1 Å². The Hall–Kier alpha value is -1.04. The van der Waals surface area contributed by atoms with Gasteiger partial charge in [-0.25, -0.2) is 0 Å². The van der Waals surface area contributed by atoms with E-state index in [0.717, 1.165) is 51.4 Å². The molecule has 0 radical (unpaired) electrons. The second-order valence-electron chi connectivity index (χ2n) is 6.29. The van der Waals surface area contributed by atoms with Crippen molar-refractivity contribution in [3.63, 3.8) is 0 Å². The van der Waals surface area contributed by atoms with Crippen molar-refractivity contribution in [2.45, 2.75) is 82.6 Å². The lowest BCUT2D eigenvalue weighted by molar-refractivity contribution is -0.127. The smallest absolute Gasteiger partial charge is 0.224 e. The summed E-state index contributed by atoms with van der Waals surface area (Å²) >= 11 is 0. The largest absolute Gasteiger partial charge is 0.338 e. The molecule has 2 rings (SSSR count). The minimum Gasteiger partial charge on any atom is -0.338 e. The number of nitrogens with zero attached hydrogens (tertiary/aromatic N) is 1. The SMILES string of the molecule is N#CC1(NC(=O)C2CCCCCCC2)CCCCC1. The number of hydrogen-bond donors (Lipinski definition) is 1. The van der Waals surface area contributed by atoms with Crippen LogP contribution in [0.3, 0.4) is 0 Å². The maximum Gasteiger partial charge on any atom is 0.224 e. The Labute approximate surface area is 116 Å². The molecule has 2 saturated carbocycles. The van der Waals surface area contributed by atoms with Crippen LogP contribution in [-0.4, -0.2) is 11.4 Å². The molecular formula is C16H26N2O. The summed E-state index contributed by atoms with van der Waals surface area (Å²) in [7, 11) is 0. The third kappa shape index (κ3) is 3.96. The van der Waals surface area contributed by atoms with Crippen LogP contribution >= 0.6 is 0 Å². The molecule has 2 aliphatic carbocycles.